The number of fused-ring (bicyclic) bond motifs is 10. The van der Waals surface area contributed by atoms with Gasteiger partial charge in [0.1, 0.15) is 11.2 Å². The van der Waals surface area contributed by atoms with Gasteiger partial charge in [0.05, 0.1) is 27.5 Å². The van der Waals surface area contributed by atoms with Crippen molar-refractivity contribution < 1.29 is 4.42 Å². The molecule has 12 aromatic rings. The summed E-state index contributed by atoms with van der Waals surface area (Å²) in [5, 5.41) is 7.35. The van der Waals surface area contributed by atoms with Gasteiger partial charge in [-0.2, -0.15) is 0 Å². The van der Waals surface area contributed by atoms with Crippen LogP contribution in [0, 0.1) is 0 Å². The number of rotatable bonds is 5. The highest BCUT2D eigenvalue weighted by molar-refractivity contribution is 6.27. The van der Waals surface area contributed by atoms with E-state index in [4.69, 9.17) is 4.42 Å². The highest BCUT2D eigenvalue weighted by Crippen LogP contribution is 2.63. The van der Waals surface area contributed by atoms with Gasteiger partial charge in [-0.1, -0.05) is 152 Å². The summed E-state index contributed by atoms with van der Waals surface area (Å²) in [7, 11) is 0. The minimum Gasteiger partial charge on any atom is -0.456 e. The van der Waals surface area contributed by atoms with E-state index < -0.39 is 5.41 Å². The van der Waals surface area contributed by atoms with Crippen LogP contribution < -0.4 is 4.90 Å². The monoisotopic (exact) mass is 788 g/mol. The third-order valence-corrected chi connectivity index (χ3v) is 13.7. The lowest BCUT2D eigenvalue weighted by molar-refractivity contribution is 0.669. The average molecular weight is 789 g/mol. The quantitative estimate of drug-likeness (QED) is 0.173. The number of furan rings is 1. The first-order valence-electron chi connectivity index (χ1n) is 21.4. The summed E-state index contributed by atoms with van der Waals surface area (Å²) in [6.45, 7) is 0. The summed E-state index contributed by atoms with van der Waals surface area (Å²) in [6, 6.07) is 80.3. The maximum Gasteiger partial charge on any atom is 0.137 e. The largest absolute Gasteiger partial charge is 0.456 e. The zero-order valence-electron chi connectivity index (χ0n) is 33.6. The summed E-state index contributed by atoms with van der Waals surface area (Å²) in [5.74, 6) is 0. The molecule has 3 nitrogen and oxygen atoms in total. The zero-order chi connectivity index (χ0) is 40.5. The van der Waals surface area contributed by atoms with Gasteiger partial charge in [0.15, 0.2) is 0 Å². The van der Waals surface area contributed by atoms with Crippen LogP contribution in [-0.4, -0.2) is 4.57 Å². The molecule has 14 rings (SSSR count). The summed E-state index contributed by atoms with van der Waals surface area (Å²) in [6.07, 6.45) is 0. The average Bonchev–Trinajstić information content (AvgIpc) is 3.99. The van der Waals surface area contributed by atoms with E-state index in [9.17, 15) is 0 Å². The molecular weight excluding hydrogens is 753 g/mol. The number of nitrogens with zero attached hydrogens (tertiary/aromatic N) is 2. The summed E-state index contributed by atoms with van der Waals surface area (Å²) in [5.41, 5.74) is 18.3. The lowest BCUT2D eigenvalue weighted by Gasteiger charge is -2.39. The predicted molar refractivity (Wildman–Crippen MR) is 257 cm³/mol. The van der Waals surface area contributed by atoms with Crippen LogP contribution in [0.3, 0.4) is 0 Å². The molecule has 0 saturated heterocycles. The molecule has 0 unspecified atom stereocenters. The molecule has 0 aliphatic heterocycles. The Balaban J connectivity index is 1.12. The minimum absolute atomic E-state index is 0.581. The van der Waals surface area contributed by atoms with E-state index >= 15 is 0 Å². The van der Waals surface area contributed by atoms with Gasteiger partial charge < -0.3 is 13.9 Å². The second-order valence-electron chi connectivity index (χ2n) is 16.8. The SMILES string of the molecule is c1ccc(-c2ccc(-n3c4cccc5c4c4c6c(cc(N(c7ccccc7)c7cccc8oc9ccccc9c78)cc6ccc43)C53c4ccccc4-c4ccccc43)cc2)cc1. The van der Waals surface area contributed by atoms with E-state index in [1.54, 1.807) is 0 Å². The van der Waals surface area contributed by atoms with E-state index in [-0.39, 0.29) is 0 Å². The molecule has 288 valence electrons. The van der Waals surface area contributed by atoms with Gasteiger partial charge in [-0.05, 0) is 122 Å². The highest BCUT2D eigenvalue weighted by atomic mass is 16.3. The first kappa shape index (κ1) is 33.7. The Morgan fingerprint density at radius 3 is 1.81 bits per heavy atom. The third kappa shape index (κ3) is 4.34. The molecular formula is C59H36N2O. The fourth-order valence-electron chi connectivity index (χ4n) is 11.4. The second kappa shape index (κ2) is 12.4. The molecule has 0 N–H and O–H groups in total. The molecule has 1 spiro atoms. The molecule has 2 heterocycles. The van der Waals surface area contributed by atoms with Crippen molar-refractivity contribution in [2.24, 2.45) is 0 Å². The van der Waals surface area contributed by atoms with Crippen LogP contribution in [0.2, 0.25) is 0 Å². The van der Waals surface area contributed by atoms with Crippen LogP contribution in [0.1, 0.15) is 22.3 Å². The van der Waals surface area contributed by atoms with Gasteiger partial charge in [-0.15, -0.1) is 0 Å². The van der Waals surface area contributed by atoms with Crippen LogP contribution in [-0.2, 0) is 5.41 Å². The molecule has 2 aromatic heterocycles. The molecule has 62 heavy (non-hydrogen) atoms. The number of benzene rings is 10. The first-order valence-corrected chi connectivity index (χ1v) is 21.4. The van der Waals surface area contributed by atoms with Crippen molar-refractivity contribution in [1.29, 1.82) is 0 Å². The molecule has 2 aliphatic rings. The van der Waals surface area contributed by atoms with Crippen molar-refractivity contribution in [1.82, 2.24) is 4.57 Å². The Morgan fingerprint density at radius 2 is 1.02 bits per heavy atom. The van der Waals surface area contributed by atoms with Gasteiger partial charge in [0.2, 0.25) is 0 Å². The van der Waals surface area contributed by atoms with Crippen LogP contribution in [0.5, 0.6) is 0 Å². The Kier molecular flexibility index (Phi) is 6.76. The fourth-order valence-corrected chi connectivity index (χ4v) is 11.4. The third-order valence-electron chi connectivity index (χ3n) is 13.7. The first-order chi connectivity index (χ1) is 30.8. The molecule has 0 bridgehead atoms. The lowest BCUT2D eigenvalue weighted by Crippen LogP contribution is -2.31. The van der Waals surface area contributed by atoms with Crippen molar-refractivity contribution in [2.75, 3.05) is 4.90 Å². The Hall–Kier alpha value is -8.14. The van der Waals surface area contributed by atoms with Crippen LogP contribution in [0.25, 0.3) is 82.5 Å². The van der Waals surface area contributed by atoms with E-state index in [0.29, 0.717) is 0 Å². The molecule has 0 radical (unpaired) electrons. The number of anilines is 3. The zero-order valence-corrected chi connectivity index (χ0v) is 33.6. The van der Waals surface area contributed by atoms with Crippen LogP contribution in [0.4, 0.5) is 17.1 Å². The van der Waals surface area contributed by atoms with Crippen LogP contribution in [0.15, 0.2) is 223 Å². The van der Waals surface area contributed by atoms with Crippen molar-refractivity contribution in [3.8, 4) is 27.9 Å². The summed E-state index contributed by atoms with van der Waals surface area (Å²) < 4.78 is 9.00. The standard InChI is InChI=1S/C59H36N2O/c1-3-15-37(16-4-1)38-29-32-41(33-30-38)61-51-25-13-24-48-57(51)58-52(61)34-31-39-35-42(36-49(55(39)58)59(48)46-22-10-7-19-43(46)44-20-8-11-23-47(44)59)60(40-17-5-2-6-18-40)50-26-14-28-54-56(50)45-21-9-12-27-53(45)62-54/h1-36H. The van der Waals surface area contributed by atoms with Crippen LogP contribution >= 0.6 is 0 Å². The number of aromatic nitrogens is 1. The summed E-state index contributed by atoms with van der Waals surface area (Å²) >= 11 is 0. The normalized spacial score (nSPS) is 13.3. The number of para-hydroxylation sites is 2. The summed E-state index contributed by atoms with van der Waals surface area (Å²) in [4.78, 5) is 2.44. The fraction of sp³-hybridized carbons (Fsp3) is 0.0169. The molecule has 0 amide bonds. The lowest BCUT2D eigenvalue weighted by atomic mass is 9.63. The molecule has 3 heteroatoms. The second-order valence-corrected chi connectivity index (χ2v) is 16.8. The minimum atomic E-state index is -0.581. The molecule has 0 saturated carbocycles. The Labute approximate surface area is 358 Å². The van der Waals surface area contributed by atoms with E-state index in [1.807, 2.05) is 6.07 Å². The van der Waals surface area contributed by atoms with E-state index in [2.05, 4.69) is 222 Å². The Bertz CT molecular complexity index is 3760. The number of hydrogen-bond acceptors (Lipinski definition) is 2. The van der Waals surface area contributed by atoms with Crippen molar-refractivity contribution in [3.05, 3.63) is 241 Å². The highest BCUT2D eigenvalue weighted by Gasteiger charge is 2.50. The van der Waals surface area contributed by atoms with Crippen molar-refractivity contribution in [2.45, 2.75) is 5.41 Å². The van der Waals surface area contributed by atoms with Gasteiger partial charge in [-0.25, -0.2) is 0 Å². The van der Waals surface area contributed by atoms with Gasteiger partial charge in [0, 0.05) is 33.2 Å². The molecule has 10 aromatic carbocycles. The van der Waals surface area contributed by atoms with Gasteiger partial charge in [-0.3, -0.25) is 0 Å². The van der Waals surface area contributed by atoms with Crippen molar-refractivity contribution in [3.63, 3.8) is 0 Å². The van der Waals surface area contributed by atoms with Gasteiger partial charge in [0.25, 0.3) is 0 Å². The molecule has 2 aliphatic carbocycles. The predicted octanol–water partition coefficient (Wildman–Crippen LogP) is 15.6. The van der Waals surface area contributed by atoms with Gasteiger partial charge >= 0.3 is 0 Å². The maximum atomic E-state index is 6.51. The van der Waals surface area contributed by atoms with Crippen molar-refractivity contribution >= 4 is 71.6 Å². The molecule has 0 fully saturated rings. The number of hydrogen-bond donors (Lipinski definition) is 0. The van der Waals surface area contributed by atoms with E-state index in [1.165, 1.54) is 77.1 Å². The maximum absolute atomic E-state index is 6.51. The van der Waals surface area contributed by atoms with E-state index in [0.717, 1.165) is 44.7 Å². The molecule has 0 atom stereocenters. The topological polar surface area (TPSA) is 21.3 Å². The Morgan fingerprint density at radius 1 is 0.387 bits per heavy atom. The smallest absolute Gasteiger partial charge is 0.137 e.